The highest BCUT2D eigenvalue weighted by Gasteiger charge is 2.34. The maximum Gasteiger partial charge on any atom is 0.306 e. The number of benzene rings is 2. The predicted octanol–water partition coefficient (Wildman–Crippen LogP) is 4.00. The van der Waals surface area contributed by atoms with Crippen LogP contribution in [0.15, 0.2) is 42.5 Å². The van der Waals surface area contributed by atoms with Crippen LogP contribution in [-0.2, 0) is 16.0 Å². The van der Waals surface area contributed by atoms with E-state index in [4.69, 9.17) is 9.72 Å². The molecule has 8 nitrogen and oxygen atoms in total. The van der Waals surface area contributed by atoms with E-state index in [9.17, 15) is 20.1 Å². The average Bonchev–Trinajstić information content (AvgIpc) is 3.28. The van der Waals surface area contributed by atoms with Crippen molar-refractivity contribution in [1.29, 1.82) is 0 Å². The zero-order valence-electron chi connectivity index (χ0n) is 20.2. The number of hydrogen-bond donors (Lipinski definition) is 3. The lowest BCUT2D eigenvalue weighted by Crippen LogP contribution is -2.45. The number of aliphatic hydroxyl groups excluding tert-OH is 2. The first-order valence-corrected chi connectivity index (χ1v) is 12.4. The number of hydrogen-bond acceptors (Lipinski definition) is 6. The molecule has 35 heavy (non-hydrogen) atoms. The molecule has 0 radical (unpaired) electrons. The second-order valence-electron chi connectivity index (χ2n) is 9.78. The van der Waals surface area contributed by atoms with Gasteiger partial charge in [0, 0.05) is 30.4 Å². The molecule has 1 aliphatic carbocycles. The number of nitrogens with zero attached hydrogens (tertiary/aromatic N) is 3. The summed E-state index contributed by atoms with van der Waals surface area (Å²) >= 11 is 0. The molecule has 1 aromatic heterocycles. The van der Waals surface area contributed by atoms with Crippen molar-refractivity contribution >= 4 is 22.7 Å². The van der Waals surface area contributed by atoms with Gasteiger partial charge < -0.3 is 29.5 Å². The number of carbonyl (C=O) groups is 1. The minimum absolute atomic E-state index is 0.0604. The van der Waals surface area contributed by atoms with Crippen LogP contribution in [0.1, 0.15) is 68.1 Å². The Morgan fingerprint density at radius 1 is 1.06 bits per heavy atom. The van der Waals surface area contributed by atoms with Gasteiger partial charge in [-0.05, 0) is 63.1 Å². The number of carboxylic acid groups (broad SMARTS) is 1. The Hall–Kier alpha value is -2.94. The molecular weight excluding hydrogens is 446 g/mol. The van der Waals surface area contributed by atoms with Crippen LogP contribution in [0.2, 0.25) is 0 Å². The van der Waals surface area contributed by atoms with E-state index in [-0.39, 0.29) is 18.0 Å². The van der Waals surface area contributed by atoms with Gasteiger partial charge in [-0.2, -0.15) is 0 Å². The monoisotopic (exact) mass is 479 g/mol. The molecule has 0 saturated heterocycles. The number of aryl methyl sites for hydroxylation is 1. The lowest BCUT2D eigenvalue weighted by molar-refractivity contribution is -0.143. The Morgan fingerprint density at radius 2 is 1.77 bits per heavy atom. The van der Waals surface area contributed by atoms with Gasteiger partial charge in [-0.3, -0.25) is 4.79 Å². The lowest BCUT2D eigenvalue weighted by atomic mass is 9.85. The van der Waals surface area contributed by atoms with Crippen LogP contribution in [0.5, 0.6) is 0 Å². The Labute approximate surface area is 204 Å². The van der Waals surface area contributed by atoms with Gasteiger partial charge in [0.15, 0.2) is 0 Å². The number of rotatable bonds is 6. The fraction of sp³-hybridized carbons (Fsp3) is 0.481. The summed E-state index contributed by atoms with van der Waals surface area (Å²) in [6.45, 7) is 2.07. The molecule has 2 heterocycles. The summed E-state index contributed by atoms with van der Waals surface area (Å²) in [5.74, 6) is -0.471. The van der Waals surface area contributed by atoms with E-state index in [1.165, 1.54) is 7.11 Å². The van der Waals surface area contributed by atoms with E-state index in [0.717, 1.165) is 53.5 Å². The maximum absolute atomic E-state index is 11.5. The number of imidazole rings is 1. The lowest BCUT2D eigenvalue weighted by Gasteiger charge is -2.39. The molecule has 1 unspecified atom stereocenters. The summed E-state index contributed by atoms with van der Waals surface area (Å²) in [5.41, 5.74) is 4.46. The number of anilines is 1. The summed E-state index contributed by atoms with van der Waals surface area (Å²) in [6.07, 6.45) is 2.36. The predicted molar refractivity (Wildman–Crippen MR) is 132 cm³/mol. The Kier molecular flexibility index (Phi) is 6.53. The molecule has 0 bridgehead atoms. The molecule has 0 spiro atoms. The van der Waals surface area contributed by atoms with Crippen LogP contribution in [0.3, 0.4) is 0 Å². The topological polar surface area (TPSA) is 108 Å². The van der Waals surface area contributed by atoms with Crippen molar-refractivity contribution in [3.05, 3.63) is 59.4 Å². The first-order chi connectivity index (χ1) is 16.9. The molecule has 186 valence electrons. The second kappa shape index (κ2) is 9.60. The zero-order chi connectivity index (χ0) is 24.7. The molecule has 2 aromatic carbocycles. The fourth-order valence-corrected chi connectivity index (χ4v) is 5.83. The van der Waals surface area contributed by atoms with Gasteiger partial charge in [-0.1, -0.05) is 30.3 Å². The number of aromatic nitrogens is 2. The molecule has 3 N–H and O–H groups in total. The maximum atomic E-state index is 11.5. The van der Waals surface area contributed by atoms with E-state index in [1.54, 1.807) is 0 Å². The van der Waals surface area contributed by atoms with Crippen molar-refractivity contribution < 1.29 is 24.9 Å². The third-order valence-corrected chi connectivity index (χ3v) is 7.75. The number of ether oxygens (including phenoxy) is 1. The molecule has 1 fully saturated rings. The number of methoxy groups -OCH3 is 1. The Balaban J connectivity index is 1.64. The van der Waals surface area contributed by atoms with E-state index in [2.05, 4.69) is 11.5 Å². The Bertz CT molecular complexity index is 1200. The van der Waals surface area contributed by atoms with Crippen LogP contribution >= 0.6 is 0 Å². The molecule has 3 atom stereocenters. The van der Waals surface area contributed by atoms with Crippen molar-refractivity contribution in [1.82, 2.24) is 9.55 Å². The normalized spacial score (nSPS) is 24.2. The number of fused-ring (bicyclic) bond motifs is 3. The van der Waals surface area contributed by atoms with Crippen LogP contribution < -0.4 is 4.90 Å². The van der Waals surface area contributed by atoms with Gasteiger partial charge in [0.2, 0.25) is 6.41 Å². The van der Waals surface area contributed by atoms with Crippen LogP contribution in [-0.4, -0.2) is 50.4 Å². The van der Waals surface area contributed by atoms with Crippen LogP contribution in [0, 0.1) is 5.92 Å². The van der Waals surface area contributed by atoms with Crippen LogP contribution in [0.25, 0.3) is 11.0 Å². The van der Waals surface area contributed by atoms with Crippen molar-refractivity contribution in [3.63, 3.8) is 0 Å². The van der Waals surface area contributed by atoms with Crippen LogP contribution in [0.4, 0.5) is 5.69 Å². The zero-order valence-corrected chi connectivity index (χ0v) is 20.2. The SMILES string of the molecule is COC(O)N1c2ccc3c(nc([C@@H](O)c4ccccc4)n3C3CCC(C(=O)O)CC3)c2CC[C@@H]1C. The quantitative estimate of drug-likeness (QED) is 0.459. The summed E-state index contributed by atoms with van der Waals surface area (Å²) in [6, 6.07) is 13.7. The third kappa shape index (κ3) is 4.20. The van der Waals surface area contributed by atoms with Gasteiger partial charge in [-0.15, -0.1) is 0 Å². The van der Waals surface area contributed by atoms with Crippen molar-refractivity contribution in [2.75, 3.05) is 12.0 Å². The first kappa shape index (κ1) is 23.8. The summed E-state index contributed by atoms with van der Waals surface area (Å²) in [4.78, 5) is 18.4. The first-order valence-electron chi connectivity index (χ1n) is 12.4. The van der Waals surface area contributed by atoms with Gasteiger partial charge in [-0.25, -0.2) is 4.98 Å². The molecule has 1 saturated carbocycles. The highest BCUT2D eigenvalue weighted by molar-refractivity contribution is 5.86. The van der Waals surface area contributed by atoms with Gasteiger partial charge >= 0.3 is 5.97 Å². The van der Waals surface area contributed by atoms with E-state index in [0.29, 0.717) is 18.7 Å². The van der Waals surface area contributed by atoms with Gasteiger partial charge in [0.25, 0.3) is 0 Å². The van der Waals surface area contributed by atoms with Gasteiger partial charge in [0.1, 0.15) is 11.9 Å². The number of aliphatic carboxylic acids is 1. The van der Waals surface area contributed by atoms with Crippen molar-refractivity contribution in [3.8, 4) is 0 Å². The molecule has 0 amide bonds. The number of aliphatic hydroxyl groups is 2. The standard InChI is InChI=1S/C27H33N3O5/c1-16-8-13-20-21(29(16)27(34)35-2)14-15-22-23(20)28-25(24(31)17-6-4-3-5-7-17)30(22)19-11-9-18(10-12-19)26(32)33/h3-7,14-16,18-19,24,27,31,34H,8-13H2,1-2H3,(H,32,33)/t16-,18?,19?,24-,27?/m0/s1. The summed E-state index contributed by atoms with van der Waals surface area (Å²) in [5, 5.41) is 31.4. The van der Waals surface area contributed by atoms with E-state index in [1.807, 2.05) is 47.4 Å². The average molecular weight is 480 g/mol. The van der Waals surface area contributed by atoms with Crippen molar-refractivity contribution in [2.24, 2.45) is 5.92 Å². The summed E-state index contributed by atoms with van der Waals surface area (Å²) < 4.78 is 7.39. The van der Waals surface area contributed by atoms with E-state index >= 15 is 0 Å². The molecule has 5 rings (SSSR count). The third-order valence-electron chi connectivity index (χ3n) is 7.75. The van der Waals surface area contributed by atoms with E-state index < -0.39 is 18.5 Å². The Morgan fingerprint density at radius 3 is 2.43 bits per heavy atom. The largest absolute Gasteiger partial charge is 0.481 e. The molecule has 3 aromatic rings. The highest BCUT2D eigenvalue weighted by Crippen LogP contribution is 2.42. The molecule has 2 aliphatic rings. The van der Waals surface area contributed by atoms with Gasteiger partial charge in [0.05, 0.1) is 17.0 Å². The minimum atomic E-state index is -1.05. The molecular formula is C27H33N3O5. The number of carboxylic acids is 1. The smallest absolute Gasteiger partial charge is 0.306 e. The molecule has 1 aliphatic heterocycles. The minimum Gasteiger partial charge on any atom is -0.481 e. The summed E-state index contributed by atoms with van der Waals surface area (Å²) in [7, 11) is 1.49. The fourth-order valence-electron chi connectivity index (χ4n) is 5.83. The highest BCUT2D eigenvalue weighted by atomic mass is 16.6. The van der Waals surface area contributed by atoms with Crippen molar-refractivity contribution in [2.45, 2.75) is 70.1 Å². The molecule has 8 heteroatoms. The second-order valence-corrected chi connectivity index (χ2v) is 9.78.